The van der Waals surface area contributed by atoms with Crippen molar-refractivity contribution in [2.45, 2.75) is 33.3 Å². The fourth-order valence-corrected chi connectivity index (χ4v) is 1.45. The summed E-state index contributed by atoms with van der Waals surface area (Å²) in [6.45, 7) is 6.38. The number of nitrogens with one attached hydrogen (secondary N) is 2. The van der Waals surface area contributed by atoms with Gasteiger partial charge in [-0.2, -0.15) is 0 Å². The normalized spacial score (nSPS) is 12.9. The summed E-state index contributed by atoms with van der Waals surface area (Å²) in [6, 6.07) is 9.01. The van der Waals surface area contributed by atoms with E-state index in [0.717, 1.165) is 5.69 Å². The maximum Gasteiger partial charge on any atom is 0.319 e. The van der Waals surface area contributed by atoms with Crippen molar-refractivity contribution in [1.29, 1.82) is 0 Å². The summed E-state index contributed by atoms with van der Waals surface area (Å²) in [5, 5.41) is 15.3. The second kappa shape index (κ2) is 6.40. The highest BCUT2D eigenvalue weighted by atomic mass is 16.3. The molecular weight excluding hydrogens is 228 g/mol. The Morgan fingerprint density at radius 2 is 1.89 bits per heavy atom. The monoisotopic (exact) mass is 250 g/mol. The van der Waals surface area contributed by atoms with Crippen molar-refractivity contribution in [2.24, 2.45) is 5.41 Å². The van der Waals surface area contributed by atoms with Gasteiger partial charge in [0.2, 0.25) is 0 Å². The molecule has 4 heteroatoms. The molecule has 0 heterocycles. The van der Waals surface area contributed by atoms with Gasteiger partial charge in [0.15, 0.2) is 0 Å². The molecule has 1 rings (SSSR count). The first-order valence-corrected chi connectivity index (χ1v) is 6.17. The Hall–Kier alpha value is -1.55. The molecule has 0 aromatic heterocycles. The molecule has 0 aliphatic rings. The smallest absolute Gasteiger partial charge is 0.319 e. The summed E-state index contributed by atoms with van der Waals surface area (Å²) >= 11 is 0. The van der Waals surface area contributed by atoms with Crippen molar-refractivity contribution >= 4 is 11.7 Å². The van der Waals surface area contributed by atoms with Crippen molar-refractivity contribution in [3.05, 3.63) is 30.3 Å². The van der Waals surface area contributed by atoms with Gasteiger partial charge in [-0.1, -0.05) is 39.0 Å². The average molecular weight is 250 g/mol. The summed E-state index contributed by atoms with van der Waals surface area (Å²) in [5.74, 6) is 0. The van der Waals surface area contributed by atoms with Crippen LogP contribution in [0.25, 0.3) is 0 Å². The van der Waals surface area contributed by atoms with Gasteiger partial charge in [-0.25, -0.2) is 4.79 Å². The number of anilines is 1. The van der Waals surface area contributed by atoms with Crippen LogP contribution in [0.5, 0.6) is 0 Å². The summed E-state index contributed by atoms with van der Waals surface area (Å²) in [6.07, 6.45) is 0.126. The lowest BCUT2D eigenvalue weighted by Crippen LogP contribution is -2.34. The van der Waals surface area contributed by atoms with Gasteiger partial charge < -0.3 is 15.7 Å². The van der Waals surface area contributed by atoms with Crippen molar-refractivity contribution in [3.63, 3.8) is 0 Å². The number of benzene rings is 1. The zero-order valence-corrected chi connectivity index (χ0v) is 11.2. The molecule has 0 radical (unpaired) electrons. The Balaban J connectivity index is 2.26. The third-order valence-corrected chi connectivity index (χ3v) is 2.73. The van der Waals surface area contributed by atoms with E-state index in [2.05, 4.69) is 10.6 Å². The van der Waals surface area contributed by atoms with Crippen LogP contribution in [-0.2, 0) is 0 Å². The molecule has 0 bridgehead atoms. The third-order valence-electron chi connectivity index (χ3n) is 2.73. The van der Waals surface area contributed by atoms with E-state index in [-0.39, 0.29) is 11.4 Å². The standard InChI is InChI=1S/C14H22N2O2/c1-14(2,3)12(17)9-10-15-13(18)16-11-7-5-4-6-8-11/h4-8,12,17H,9-10H2,1-3H3,(H2,15,16,18). The minimum atomic E-state index is -0.422. The van der Waals surface area contributed by atoms with E-state index in [1.54, 1.807) is 0 Å². The van der Waals surface area contributed by atoms with Crippen LogP contribution in [-0.4, -0.2) is 23.8 Å². The van der Waals surface area contributed by atoms with Crippen molar-refractivity contribution in [2.75, 3.05) is 11.9 Å². The minimum Gasteiger partial charge on any atom is -0.393 e. The number of aliphatic hydroxyl groups excluding tert-OH is 1. The summed E-state index contributed by atoms with van der Waals surface area (Å²) in [7, 11) is 0. The number of carbonyl (C=O) groups is 1. The van der Waals surface area contributed by atoms with Crippen molar-refractivity contribution < 1.29 is 9.90 Å². The van der Waals surface area contributed by atoms with Crippen LogP contribution in [0.1, 0.15) is 27.2 Å². The topological polar surface area (TPSA) is 61.4 Å². The van der Waals surface area contributed by atoms with E-state index >= 15 is 0 Å². The molecule has 1 atom stereocenters. The average Bonchev–Trinajstić information content (AvgIpc) is 2.28. The van der Waals surface area contributed by atoms with Gasteiger partial charge in [0, 0.05) is 12.2 Å². The van der Waals surface area contributed by atoms with E-state index in [9.17, 15) is 9.90 Å². The molecule has 0 aliphatic carbocycles. The Kier molecular flexibility index (Phi) is 5.16. The van der Waals surface area contributed by atoms with Crippen LogP contribution in [0.3, 0.4) is 0 Å². The number of hydrogen-bond acceptors (Lipinski definition) is 2. The van der Waals surface area contributed by atoms with Crippen molar-refractivity contribution in [3.8, 4) is 0 Å². The van der Waals surface area contributed by atoms with E-state index in [1.807, 2.05) is 51.1 Å². The largest absolute Gasteiger partial charge is 0.393 e. The molecular formula is C14H22N2O2. The molecule has 18 heavy (non-hydrogen) atoms. The van der Waals surface area contributed by atoms with Gasteiger partial charge in [-0.05, 0) is 24.0 Å². The number of rotatable bonds is 4. The highest BCUT2D eigenvalue weighted by Gasteiger charge is 2.21. The first-order chi connectivity index (χ1) is 8.39. The number of hydrogen-bond donors (Lipinski definition) is 3. The first-order valence-electron chi connectivity index (χ1n) is 6.17. The molecule has 0 saturated heterocycles. The van der Waals surface area contributed by atoms with Crippen LogP contribution >= 0.6 is 0 Å². The van der Waals surface area contributed by atoms with E-state index < -0.39 is 6.10 Å². The number of para-hydroxylation sites is 1. The molecule has 1 aromatic rings. The predicted octanol–water partition coefficient (Wildman–Crippen LogP) is 2.61. The Morgan fingerprint density at radius 1 is 1.28 bits per heavy atom. The predicted molar refractivity (Wildman–Crippen MR) is 73.5 cm³/mol. The maximum absolute atomic E-state index is 11.5. The maximum atomic E-state index is 11.5. The highest BCUT2D eigenvalue weighted by Crippen LogP contribution is 2.20. The summed E-state index contributed by atoms with van der Waals surface area (Å²) in [4.78, 5) is 11.5. The van der Waals surface area contributed by atoms with Crippen LogP contribution in [0.2, 0.25) is 0 Å². The second-order valence-corrected chi connectivity index (χ2v) is 5.42. The molecule has 2 amide bonds. The highest BCUT2D eigenvalue weighted by molar-refractivity contribution is 5.89. The fourth-order valence-electron chi connectivity index (χ4n) is 1.45. The fraction of sp³-hybridized carbons (Fsp3) is 0.500. The van der Waals surface area contributed by atoms with Crippen LogP contribution < -0.4 is 10.6 Å². The molecule has 1 aromatic carbocycles. The zero-order chi connectivity index (χ0) is 13.6. The number of aliphatic hydroxyl groups is 1. The molecule has 0 aliphatic heterocycles. The Morgan fingerprint density at radius 3 is 2.44 bits per heavy atom. The summed E-state index contributed by atoms with van der Waals surface area (Å²) in [5.41, 5.74) is 0.601. The lowest BCUT2D eigenvalue weighted by atomic mass is 9.87. The quantitative estimate of drug-likeness (QED) is 0.769. The molecule has 0 fully saturated rings. The number of carbonyl (C=O) groups excluding carboxylic acids is 1. The van der Waals surface area contributed by atoms with E-state index in [1.165, 1.54) is 0 Å². The molecule has 4 nitrogen and oxygen atoms in total. The zero-order valence-electron chi connectivity index (χ0n) is 11.2. The minimum absolute atomic E-state index is 0.155. The SMILES string of the molecule is CC(C)(C)C(O)CCNC(=O)Nc1ccccc1. The van der Waals surface area contributed by atoms with Gasteiger partial charge in [0.1, 0.15) is 0 Å². The second-order valence-electron chi connectivity index (χ2n) is 5.42. The van der Waals surface area contributed by atoms with Gasteiger partial charge >= 0.3 is 6.03 Å². The lowest BCUT2D eigenvalue weighted by molar-refractivity contribution is 0.0565. The molecule has 1 unspecified atom stereocenters. The van der Waals surface area contributed by atoms with Gasteiger partial charge in [-0.15, -0.1) is 0 Å². The Bertz CT molecular complexity index is 371. The van der Waals surface area contributed by atoms with E-state index in [0.29, 0.717) is 13.0 Å². The van der Waals surface area contributed by atoms with Crippen LogP contribution in [0.15, 0.2) is 30.3 Å². The molecule has 0 spiro atoms. The first kappa shape index (κ1) is 14.5. The van der Waals surface area contributed by atoms with Crippen molar-refractivity contribution in [1.82, 2.24) is 5.32 Å². The third kappa shape index (κ3) is 5.19. The van der Waals surface area contributed by atoms with Gasteiger partial charge in [0.25, 0.3) is 0 Å². The van der Waals surface area contributed by atoms with Gasteiger partial charge in [0.05, 0.1) is 6.10 Å². The number of urea groups is 1. The summed E-state index contributed by atoms with van der Waals surface area (Å²) < 4.78 is 0. The van der Waals surface area contributed by atoms with Gasteiger partial charge in [-0.3, -0.25) is 0 Å². The van der Waals surface area contributed by atoms with E-state index in [4.69, 9.17) is 0 Å². The van der Waals surface area contributed by atoms with Crippen LogP contribution in [0.4, 0.5) is 10.5 Å². The molecule has 100 valence electrons. The Labute approximate surface area is 108 Å². The number of amides is 2. The lowest BCUT2D eigenvalue weighted by Gasteiger charge is -2.25. The molecule has 3 N–H and O–H groups in total. The van der Waals surface area contributed by atoms with Crippen LogP contribution in [0, 0.1) is 5.41 Å². The molecule has 0 saturated carbocycles.